The molecule has 0 aromatic heterocycles. The number of carbonyl (C=O) groups is 1. The van der Waals surface area contributed by atoms with Crippen LogP contribution in [0.15, 0.2) is 42.5 Å². The number of hydrogen-bond acceptors (Lipinski definition) is 2. The first-order chi connectivity index (χ1) is 9.03. The van der Waals surface area contributed by atoms with Crippen LogP contribution < -0.4 is 5.32 Å². The molecule has 1 aliphatic heterocycles. The minimum Gasteiger partial charge on any atom is -0.372 e. The van der Waals surface area contributed by atoms with Crippen molar-refractivity contribution in [1.29, 1.82) is 0 Å². The molecule has 0 saturated heterocycles. The Morgan fingerprint density at radius 3 is 2.53 bits per heavy atom. The fraction of sp³-hybridized carbons (Fsp3) is 0.0714. The average molecular weight is 261 g/mol. The molecule has 0 unspecified atom stereocenters. The minimum atomic E-state index is -1.99. The summed E-state index contributed by atoms with van der Waals surface area (Å²) in [5.74, 6) is -2.82. The van der Waals surface area contributed by atoms with Crippen LogP contribution >= 0.6 is 0 Å². The zero-order chi connectivity index (χ0) is 13.6. The molecule has 0 bridgehead atoms. The summed E-state index contributed by atoms with van der Waals surface area (Å²) in [5, 5.41) is 13.1. The molecule has 0 fully saturated rings. The Hall–Kier alpha value is -2.27. The van der Waals surface area contributed by atoms with Gasteiger partial charge in [0, 0.05) is 16.8 Å². The smallest absolute Gasteiger partial charge is 0.265 e. The number of para-hydroxylation sites is 1. The van der Waals surface area contributed by atoms with E-state index in [2.05, 4.69) is 5.32 Å². The van der Waals surface area contributed by atoms with Crippen molar-refractivity contribution in [2.75, 3.05) is 5.32 Å². The zero-order valence-corrected chi connectivity index (χ0v) is 9.65. The number of hydrogen-bond donors (Lipinski definition) is 2. The highest BCUT2D eigenvalue weighted by molar-refractivity contribution is 6.07. The van der Waals surface area contributed by atoms with Crippen LogP contribution in [0.3, 0.4) is 0 Å². The SMILES string of the molecule is O=C1Nc2ccccc2[C@]1(O)c1ccc(F)c(F)c1. The van der Waals surface area contributed by atoms with Gasteiger partial charge in [0.1, 0.15) is 0 Å². The molecule has 1 heterocycles. The van der Waals surface area contributed by atoms with Crippen LogP contribution in [0.4, 0.5) is 14.5 Å². The van der Waals surface area contributed by atoms with Crippen molar-refractivity contribution in [2.24, 2.45) is 0 Å². The van der Waals surface area contributed by atoms with Gasteiger partial charge in [-0.15, -0.1) is 0 Å². The highest BCUT2D eigenvalue weighted by atomic mass is 19.2. The van der Waals surface area contributed by atoms with Crippen molar-refractivity contribution < 1.29 is 18.7 Å². The number of nitrogens with one attached hydrogen (secondary N) is 1. The first-order valence-corrected chi connectivity index (χ1v) is 5.62. The molecule has 2 aromatic carbocycles. The first-order valence-electron chi connectivity index (χ1n) is 5.62. The summed E-state index contributed by atoms with van der Waals surface area (Å²) in [6, 6.07) is 9.47. The fourth-order valence-electron chi connectivity index (χ4n) is 2.25. The molecule has 0 saturated carbocycles. The summed E-state index contributed by atoms with van der Waals surface area (Å²) in [6.45, 7) is 0. The molecule has 0 aliphatic carbocycles. The monoisotopic (exact) mass is 261 g/mol. The number of aliphatic hydroxyl groups is 1. The lowest BCUT2D eigenvalue weighted by Crippen LogP contribution is -2.35. The Morgan fingerprint density at radius 1 is 1.05 bits per heavy atom. The highest BCUT2D eigenvalue weighted by Gasteiger charge is 2.46. The molecule has 2 aromatic rings. The predicted molar refractivity (Wildman–Crippen MR) is 64.4 cm³/mol. The molecule has 0 spiro atoms. The lowest BCUT2D eigenvalue weighted by Gasteiger charge is -2.21. The maximum atomic E-state index is 13.3. The van der Waals surface area contributed by atoms with E-state index in [1.54, 1.807) is 24.3 Å². The van der Waals surface area contributed by atoms with E-state index in [-0.39, 0.29) is 5.56 Å². The predicted octanol–water partition coefficient (Wildman–Crippen LogP) is 2.15. The quantitative estimate of drug-likeness (QED) is 0.826. The van der Waals surface area contributed by atoms with E-state index in [0.29, 0.717) is 11.3 Å². The second kappa shape index (κ2) is 3.86. The number of carbonyl (C=O) groups excluding carboxylic acids is 1. The Balaban J connectivity index is 2.22. The molecule has 1 amide bonds. The van der Waals surface area contributed by atoms with Crippen molar-refractivity contribution in [3.05, 3.63) is 65.2 Å². The molecule has 1 aliphatic rings. The van der Waals surface area contributed by atoms with Crippen molar-refractivity contribution >= 4 is 11.6 Å². The lowest BCUT2D eigenvalue weighted by molar-refractivity contribution is -0.129. The van der Waals surface area contributed by atoms with E-state index in [1.807, 2.05) is 0 Å². The number of rotatable bonds is 1. The van der Waals surface area contributed by atoms with Crippen LogP contribution in [-0.2, 0) is 10.4 Å². The van der Waals surface area contributed by atoms with Gasteiger partial charge in [-0.1, -0.05) is 24.3 Å². The maximum Gasteiger partial charge on any atom is 0.265 e. The summed E-state index contributed by atoms with van der Waals surface area (Å²) in [6.07, 6.45) is 0. The van der Waals surface area contributed by atoms with Gasteiger partial charge in [-0.25, -0.2) is 8.78 Å². The van der Waals surface area contributed by atoms with E-state index in [0.717, 1.165) is 12.1 Å². The number of fused-ring (bicyclic) bond motifs is 1. The molecule has 19 heavy (non-hydrogen) atoms. The van der Waals surface area contributed by atoms with E-state index >= 15 is 0 Å². The highest BCUT2D eigenvalue weighted by Crippen LogP contribution is 2.40. The molecule has 2 N–H and O–H groups in total. The number of amides is 1. The third-order valence-electron chi connectivity index (χ3n) is 3.23. The van der Waals surface area contributed by atoms with Crippen molar-refractivity contribution in [3.8, 4) is 0 Å². The standard InChI is InChI=1S/C14H9F2NO2/c15-10-6-5-8(7-11(10)16)14(19)9-3-1-2-4-12(9)17-13(14)18/h1-7,19H,(H,17,18)/t14-/m1/s1. The van der Waals surface area contributed by atoms with Gasteiger partial charge in [0.15, 0.2) is 17.2 Å². The van der Waals surface area contributed by atoms with Crippen LogP contribution in [0, 0.1) is 11.6 Å². The molecule has 0 radical (unpaired) electrons. The molecular weight excluding hydrogens is 252 g/mol. The minimum absolute atomic E-state index is 0.00569. The van der Waals surface area contributed by atoms with Gasteiger partial charge in [0.05, 0.1) is 0 Å². The number of benzene rings is 2. The topological polar surface area (TPSA) is 49.3 Å². The van der Waals surface area contributed by atoms with Gasteiger partial charge >= 0.3 is 0 Å². The van der Waals surface area contributed by atoms with Crippen LogP contribution in [0.5, 0.6) is 0 Å². The lowest BCUT2D eigenvalue weighted by atomic mass is 9.87. The average Bonchev–Trinajstić information content (AvgIpc) is 2.66. The van der Waals surface area contributed by atoms with Gasteiger partial charge in [0.25, 0.3) is 5.91 Å². The van der Waals surface area contributed by atoms with Gasteiger partial charge in [-0.3, -0.25) is 4.79 Å². The second-order valence-electron chi connectivity index (χ2n) is 4.34. The molecule has 5 heteroatoms. The number of halogens is 2. The third kappa shape index (κ3) is 1.55. The maximum absolute atomic E-state index is 13.3. The van der Waals surface area contributed by atoms with Gasteiger partial charge in [0.2, 0.25) is 0 Å². The van der Waals surface area contributed by atoms with E-state index < -0.39 is 23.1 Å². The van der Waals surface area contributed by atoms with Crippen molar-refractivity contribution in [3.63, 3.8) is 0 Å². The molecular formula is C14H9F2NO2. The summed E-state index contributed by atoms with van der Waals surface area (Å²) in [5.41, 5.74) is -1.22. The Kier molecular flexibility index (Phi) is 2.40. The Labute approximate surface area is 107 Å². The molecule has 3 nitrogen and oxygen atoms in total. The second-order valence-corrected chi connectivity index (χ2v) is 4.34. The molecule has 3 rings (SSSR count). The molecule has 96 valence electrons. The fourth-order valence-corrected chi connectivity index (χ4v) is 2.25. The largest absolute Gasteiger partial charge is 0.372 e. The van der Waals surface area contributed by atoms with E-state index in [4.69, 9.17) is 0 Å². The van der Waals surface area contributed by atoms with Crippen molar-refractivity contribution in [1.82, 2.24) is 0 Å². The van der Waals surface area contributed by atoms with Crippen LogP contribution in [0.2, 0.25) is 0 Å². The Bertz CT molecular complexity index is 687. The summed E-state index contributed by atoms with van der Waals surface area (Å²) >= 11 is 0. The van der Waals surface area contributed by atoms with E-state index in [9.17, 15) is 18.7 Å². The van der Waals surface area contributed by atoms with Gasteiger partial charge in [-0.05, 0) is 18.2 Å². The van der Waals surface area contributed by atoms with Gasteiger partial charge in [-0.2, -0.15) is 0 Å². The number of anilines is 1. The first kappa shape index (κ1) is 11.8. The Morgan fingerprint density at radius 2 is 1.79 bits per heavy atom. The summed E-state index contributed by atoms with van der Waals surface area (Å²) in [7, 11) is 0. The normalized spacial score (nSPS) is 21.1. The van der Waals surface area contributed by atoms with E-state index in [1.165, 1.54) is 6.07 Å². The molecule has 1 atom stereocenters. The van der Waals surface area contributed by atoms with Crippen LogP contribution in [0.1, 0.15) is 11.1 Å². The van der Waals surface area contributed by atoms with Crippen LogP contribution in [-0.4, -0.2) is 11.0 Å². The van der Waals surface area contributed by atoms with Gasteiger partial charge < -0.3 is 10.4 Å². The summed E-state index contributed by atoms with van der Waals surface area (Å²) in [4.78, 5) is 12.0. The third-order valence-corrected chi connectivity index (χ3v) is 3.23. The zero-order valence-electron chi connectivity index (χ0n) is 9.65. The van der Waals surface area contributed by atoms with Crippen LogP contribution in [0.25, 0.3) is 0 Å². The van der Waals surface area contributed by atoms with Crippen molar-refractivity contribution in [2.45, 2.75) is 5.60 Å². The summed E-state index contributed by atoms with van der Waals surface area (Å²) < 4.78 is 26.2.